The number of likely N-dealkylation sites (N-methyl/N-ethyl adjacent to an activating group) is 1. The molecule has 3 fully saturated rings. The number of aliphatic hydroxyl groups excluding tert-OH is 4. The summed E-state index contributed by atoms with van der Waals surface area (Å²) < 4.78 is 39.0. The Bertz CT molecular complexity index is 1580. The molecule has 362 valence electrons. The number of rotatable bonds is 6. The van der Waals surface area contributed by atoms with Crippen molar-refractivity contribution in [3.63, 3.8) is 0 Å². The van der Waals surface area contributed by atoms with Gasteiger partial charge < -0.3 is 64.0 Å². The third kappa shape index (κ3) is 13.6. The van der Waals surface area contributed by atoms with Crippen molar-refractivity contribution in [3.05, 3.63) is 35.6 Å². The number of nitrogens with zero attached hydrogens (tertiary/aromatic N) is 1. The number of hydrogen-bond acceptors (Lipinski definition) is 14. The maximum Gasteiger partial charge on any atom is 0.330 e. The molecule has 5 aliphatic rings. The van der Waals surface area contributed by atoms with Gasteiger partial charge in [-0.05, 0) is 118 Å². The first-order chi connectivity index (χ1) is 29.5. The van der Waals surface area contributed by atoms with Crippen molar-refractivity contribution in [1.29, 1.82) is 0 Å². The second-order valence-electron chi connectivity index (χ2n) is 20.9. The van der Waals surface area contributed by atoms with Gasteiger partial charge in [0.25, 0.3) is 0 Å². The molecule has 0 amide bonds. The average Bonchev–Trinajstić information content (AvgIpc) is 3.50. The maximum atomic E-state index is 13.7. The van der Waals surface area contributed by atoms with E-state index in [4.69, 9.17) is 28.4 Å². The fourth-order valence-electron chi connectivity index (χ4n) is 10.4. The maximum absolute atomic E-state index is 13.7. The number of hydrogen-bond donors (Lipinski definition) is 6. The van der Waals surface area contributed by atoms with Crippen LogP contribution in [0.15, 0.2) is 35.6 Å². The summed E-state index contributed by atoms with van der Waals surface area (Å²) in [4.78, 5) is 15.8. The van der Waals surface area contributed by atoms with Crippen LogP contribution in [-0.4, -0.2) is 145 Å². The third-order valence-corrected chi connectivity index (χ3v) is 14.5. The van der Waals surface area contributed by atoms with Gasteiger partial charge >= 0.3 is 5.97 Å². The molecule has 0 saturated carbocycles. The summed E-state index contributed by atoms with van der Waals surface area (Å²) in [7, 11) is 3.96. The number of aliphatic hydroxyl groups is 6. The van der Waals surface area contributed by atoms with Gasteiger partial charge in [-0.3, -0.25) is 0 Å². The number of esters is 1. The molecule has 5 heterocycles. The minimum Gasteiger partial charge on any atom is -0.491 e. The van der Waals surface area contributed by atoms with Crippen molar-refractivity contribution >= 4 is 5.97 Å². The van der Waals surface area contributed by atoms with E-state index in [1.807, 2.05) is 34.9 Å². The van der Waals surface area contributed by atoms with Crippen molar-refractivity contribution in [2.45, 2.75) is 242 Å². The summed E-state index contributed by atoms with van der Waals surface area (Å²) in [6.45, 7) is 14.4. The SMILES string of the molecule is CCC(O)CC1CCCC2(CC3OC(=O)/C=C/[C@@](C)(O)C(O)C(C)C(O)C(OC4CCC(N(C)C)C(C)O4)C(O)C(C)(O)CCCCC/C=C\C4=C(CC(O2)C3C)OC(C)(C)C4)O1. The molecule has 0 aliphatic carbocycles. The molecule has 1 spiro atoms. The Hall–Kier alpha value is -1.95. The molecule has 5 rings (SSSR count). The van der Waals surface area contributed by atoms with E-state index in [0.29, 0.717) is 44.9 Å². The van der Waals surface area contributed by atoms with Crippen LogP contribution in [0, 0.1) is 11.8 Å². The van der Waals surface area contributed by atoms with Gasteiger partial charge in [-0.2, -0.15) is 0 Å². The molecular weight excluding hydrogens is 811 g/mol. The predicted octanol–water partition coefficient (Wildman–Crippen LogP) is 5.73. The second-order valence-corrected chi connectivity index (χ2v) is 20.9. The summed E-state index contributed by atoms with van der Waals surface area (Å²) in [6, 6.07) is 0.140. The molecule has 0 aromatic rings. The van der Waals surface area contributed by atoms with Crippen molar-refractivity contribution < 1.29 is 63.9 Å². The third-order valence-electron chi connectivity index (χ3n) is 14.5. The Kier molecular flexibility index (Phi) is 18.0. The zero-order valence-corrected chi connectivity index (χ0v) is 39.9. The second kappa shape index (κ2) is 21.8. The van der Waals surface area contributed by atoms with E-state index in [9.17, 15) is 35.4 Å². The lowest BCUT2D eigenvalue weighted by Crippen LogP contribution is -2.58. The Morgan fingerprint density at radius 3 is 2.30 bits per heavy atom. The number of carbonyl (C=O) groups excluding carboxylic acids is 1. The molecule has 14 heteroatoms. The van der Waals surface area contributed by atoms with Crippen LogP contribution in [0.25, 0.3) is 0 Å². The molecule has 16 atom stereocenters. The standard InChI is InChI=1S/C49H83NO13/c1-11-34(51)26-35-19-17-24-49(61-35)29-39-30(2)37(63-49)27-38-33(28-46(5,6)62-38)18-15-13-12-14-16-23-47(7,56)45(55)43(60-41-21-20-36(50(9)10)32(4)58-41)42(53)31(3)44(54)48(8,57)25-22-40(52)59-39/h15,18,22,25,30-32,34-37,39,41-45,51,53-57H,11-14,16-17,19-21,23-24,26-29H2,1-10H3/b18-15-,25-22+/t30?,31?,32?,34?,35?,36?,37?,39?,41?,42?,43?,44?,45?,47?,48-,49?/m1/s1. The Morgan fingerprint density at radius 1 is 0.889 bits per heavy atom. The van der Waals surface area contributed by atoms with Gasteiger partial charge in [0.15, 0.2) is 12.1 Å². The summed E-state index contributed by atoms with van der Waals surface area (Å²) in [5.41, 5.74) is -3.08. The molecule has 2 bridgehead atoms. The molecule has 63 heavy (non-hydrogen) atoms. The fourth-order valence-corrected chi connectivity index (χ4v) is 10.4. The Balaban J connectivity index is 1.44. The fraction of sp³-hybridized carbons (Fsp3) is 0.857. The van der Waals surface area contributed by atoms with Crippen molar-refractivity contribution in [1.82, 2.24) is 4.90 Å². The van der Waals surface area contributed by atoms with E-state index in [2.05, 4.69) is 30.9 Å². The Morgan fingerprint density at radius 2 is 1.62 bits per heavy atom. The summed E-state index contributed by atoms with van der Waals surface area (Å²) in [5.74, 6) is -2.36. The largest absolute Gasteiger partial charge is 0.491 e. The van der Waals surface area contributed by atoms with Crippen LogP contribution in [0.3, 0.4) is 0 Å². The van der Waals surface area contributed by atoms with E-state index < -0.39 is 83.5 Å². The zero-order valence-electron chi connectivity index (χ0n) is 39.9. The van der Waals surface area contributed by atoms with Gasteiger partial charge in [0.05, 0.1) is 42.2 Å². The van der Waals surface area contributed by atoms with E-state index >= 15 is 0 Å². The summed E-state index contributed by atoms with van der Waals surface area (Å²) >= 11 is 0. The van der Waals surface area contributed by atoms with Crippen LogP contribution in [0.2, 0.25) is 0 Å². The minimum absolute atomic E-state index is 0.140. The molecule has 14 nitrogen and oxygen atoms in total. The lowest BCUT2D eigenvalue weighted by Gasteiger charge is -2.50. The number of allylic oxidation sites excluding steroid dienone is 2. The van der Waals surface area contributed by atoms with Crippen LogP contribution < -0.4 is 0 Å². The van der Waals surface area contributed by atoms with Crippen LogP contribution in [0.4, 0.5) is 0 Å². The highest BCUT2D eigenvalue weighted by Crippen LogP contribution is 2.46. The van der Waals surface area contributed by atoms with Gasteiger partial charge in [0, 0.05) is 49.6 Å². The highest BCUT2D eigenvalue weighted by molar-refractivity contribution is 5.82. The van der Waals surface area contributed by atoms with Crippen LogP contribution in [-0.2, 0) is 33.2 Å². The molecule has 15 unspecified atom stereocenters. The molecular formula is C49H83NO13. The molecule has 0 aromatic carbocycles. The van der Waals surface area contributed by atoms with Crippen LogP contribution in [0.1, 0.15) is 152 Å². The monoisotopic (exact) mass is 894 g/mol. The predicted molar refractivity (Wildman–Crippen MR) is 238 cm³/mol. The molecule has 3 saturated heterocycles. The molecule has 0 aromatic heterocycles. The summed E-state index contributed by atoms with van der Waals surface area (Å²) in [6.07, 6.45) is 6.64. The van der Waals surface area contributed by atoms with E-state index in [1.54, 1.807) is 0 Å². The van der Waals surface area contributed by atoms with Crippen molar-refractivity contribution in [2.75, 3.05) is 14.1 Å². The summed E-state index contributed by atoms with van der Waals surface area (Å²) in [5, 5.41) is 69.4. The van der Waals surface area contributed by atoms with E-state index in [0.717, 1.165) is 62.0 Å². The highest BCUT2D eigenvalue weighted by Gasteiger charge is 2.52. The van der Waals surface area contributed by atoms with Gasteiger partial charge in [0.2, 0.25) is 0 Å². The van der Waals surface area contributed by atoms with Crippen molar-refractivity contribution in [2.24, 2.45) is 11.8 Å². The first-order valence-electron chi connectivity index (χ1n) is 23.9. The van der Waals surface area contributed by atoms with Gasteiger partial charge in [0.1, 0.15) is 35.3 Å². The van der Waals surface area contributed by atoms with Crippen LogP contribution in [0.5, 0.6) is 0 Å². The van der Waals surface area contributed by atoms with Gasteiger partial charge in [-0.1, -0.05) is 45.8 Å². The van der Waals surface area contributed by atoms with Crippen molar-refractivity contribution in [3.8, 4) is 0 Å². The average molecular weight is 894 g/mol. The normalized spacial score (nSPS) is 44.2. The topological polar surface area (TPSA) is 197 Å². The first-order valence-corrected chi connectivity index (χ1v) is 23.9. The lowest BCUT2D eigenvalue weighted by atomic mass is 9.79. The molecule has 0 radical (unpaired) electrons. The van der Waals surface area contributed by atoms with E-state index in [1.165, 1.54) is 20.8 Å². The molecule has 5 aliphatic heterocycles. The number of fused-ring (bicyclic) bond motifs is 2. The lowest BCUT2D eigenvalue weighted by molar-refractivity contribution is -0.340. The Labute approximate surface area is 377 Å². The van der Waals surface area contributed by atoms with Gasteiger partial charge in [-0.25, -0.2) is 4.79 Å². The first kappa shape index (κ1) is 52.0. The zero-order chi connectivity index (χ0) is 46.5. The number of ether oxygens (including phenoxy) is 6. The van der Waals surface area contributed by atoms with Gasteiger partial charge in [-0.15, -0.1) is 0 Å². The number of carbonyl (C=O) groups is 1. The minimum atomic E-state index is -2.05. The smallest absolute Gasteiger partial charge is 0.330 e. The molecule has 6 N–H and O–H groups in total. The van der Waals surface area contributed by atoms with Crippen LogP contribution >= 0.6 is 0 Å². The quantitative estimate of drug-likeness (QED) is 0.177. The highest BCUT2D eigenvalue weighted by atomic mass is 16.7. The van der Waals surface area contributed by atoms with E-state index in [-0.39, 0.29) is 37.0 Å².